The first-order valence-corrected chi connectivity index (χ1v) is 7.04. The Morgan fingerprint density at radius 2 is 1.95 bits per heavy atom. The second kappa shape index (κ2) is 5.59. The predicted octanol–water partition coefficient (Wildman–Crippen LogP) is 4.75. The van der Waals surface area contributed by atoms with Gasteiger partial charge in [-0.25, -0.2) is 4.39 Å². The standard InChI is InChI=1S/C16H12BrFN2/c17-15-6-5-13(7-16(15)18)20-10-12-9-19-8-11-3-1-2-4-14(11)12/h1-9,20H,10H2. The monoisotopic (exact) mass is 330 g/mol. The zero-order chi connectivity index (χ0) is 13.9. The number of hydrogen-bond donors (Lipinski definition) is 1. The van der Waals surface area contributed by atoms with Gasteiger partial charge >= 0.3 is 0 Å². The van der Waals surface area contributed by atoms with Crippen molar-refractivity contribution in [3.63, 3.8) is 0 Å². The molecule has 0 aliphatic carbocycles. The topological polar surface area (TPSA) is 24.9 Å². The van der Waals surface area contributed by atoms with Crippen LogP contribution in [0.15, 0.2) is 59.3 Å². The van der Waals surface area contributed by atoms with Crippen molar-refractivity contribution < 1.29 is 4.39 Å². The third-order valence-corrected chi connectivity index (χ3v) is 3.80. The van der Waals surface area contributed by atoms with Gasteiger partial charge in [-0.1, -0.05) is 24.3 Å². The largest absolute Gasteiger partial charge is 0.381 e. The molecule has 0 amide bonds. The van der Waals surface area contributed by atoms with Crippen molar-refractivity contribution >= 4 is 32.4 Å². The number of rotatable bonds is 3. The van der Waals surface area contributed by atoms with Gasteiger partial charge in [-0.3, -0.25) is 4.98 Å². The molecule has 4 heteroatoms. The van der Waals surface area contributed by atoms with Crippen LogP contribution in [-0.2, 0) is 6.54 Å². The van der Waals surface area contributed by atoms with Gasteiger partial charge in [-0.15, -0.1) is 0 Å². The molecule has 0 saturated carbocycles. The highest BCUT2D eigenvalue weighted by Gasteiger charge is 2.03. The molecule has 0 spiro atoms. The molecule has 0 unspecified atom stereocenters. The molecular formula is C16H12BrFN2. The minimum atomic E-state index is -0.272. The number of halogens is 2. The maximum absolute atomic E-state index is 13.5. The number of nitrogens with zero attached hydrogens (tertiary/aromatic N) is 1. The number of benzene rings is 2. The summed E-state index contributed by atoms with van der Waals surface area (Å²) in [5.74, 6) is -0.272. The molecule has 0 aliphatic rings. The number of hydrogen-bond acceptors (Lipinski definition) is 2. The highest BCUT2D eigenvalue weighted by molar-refractivity contribution is 9.10. The van der Waals surface area contributed by atoms with Gasteiger partial charge < -0.3 is 5.32 Å². The first kappa shape index (κ1) is 13.1. The van der Waals surface area contributed by atoms with Crippen LogP contribution in [-0.4, -0.2) is 4.98 Å². The van der Waals surface area contributed by atoms with Crippen LogP contribution in [0, 0.1) is 5.82 Å². The Morgan fingerprint density at radius 1 is 1.10 bits per heavy atom. The van der Waals surface area contributed by atoms with Gasteiger partial charge in [0.05, 0.1) is 4.47 Å². The Morgan fingerprint density at radius 3 is 2.80 bits per heavy atom. The SMILES string of the molecule is Fc1cc(NCc2cncc3ccccc23)ccc1Br. The number of fused-ring (bicyclic) bond motifs is 1. The fourth-order valence-electron chi connectivity index (χ4n) is 2.12. The lowest BCUT2D eigenvalue weighted by molar-refractivity contribution is 0.621. The van der Waals surface area contributed by atoms with Crippen molar-refractivity contribution in [2.45, 2.75) is 6.54 Å². The third-order valence-electron chi connectivity index (χ3n) is 3.15. The highest BCUT2D eigenvalue weighted by Crippen LogP contribution is 2.21. The van der Waals surface area contributed by atoms with E-state index in [2.05, 4.69) is 32.3 Å². The molecule has 0 bridgehead atoms. The first-order chi connectivity index (χ1) is 9.74. The maximum Gasteiger partial charge on any atom is 0.139 e. The van der Waals surface area contributed by atoms with E-state index < -0.39 is 0 Å². The Bertz CT molecular complexity index is 753. The number of anilines is 1. The van der Waals surface area contributed by atoms with Gasteiger partial charge in [0.1, 0.15) is 5.82 Å². The quantitative estimate of drug-likeness (QED) is 0.749. The van der Waals surface area contributed by atoms with E-state index in [1.807, 2.05) is 36.7 Å². The summed E-state index contributed by atoms with van der Waals surface area (Å²) in [5.41, 5.74) is 1.84. The summed E-state index contributed by atoms with van der Waals surface area (Å²) in [4.78, 5) is 4.24. The molecular weight excluding hydrogens is 319 g/mol. The van der Waals surface area contributed by atoms with Crippen molar-refractivity contribution in [2.75, 3.05) is 5.32 Å². The molecule has 0 atom stereocenters. The minimum Gasteiger partial charge on any atom is -0.381 e. The van der Waals surface area contributed by atoms with Crippen LogP contribution in [0.3, 0.4) is 0 Å². The van der Waals surface area contributed by atoms with E-state index in [0.29, 0.717) is 11.0 Å². The fourth-order valence-corrected chi connectivity index (χ4v) is 2.37. The Kier molecular flexibility index (Phi) is 3.65. The average molecular weight is 331 g/mol. The van der Waals surface area contributed by atoms with Crippen LogP contribution in [0.5, 0.6) is 0 Å². The zero-order valence-corrected chi connectivity index (χ0v) is 12.2. The number of pyridine rings is 1. The Hall–Kier alpha value is -1.94. The van der Waals surface area contributed by atoms with E-state index in [0.717, 1.165) is 22.0 Å². The molecule has 3 rings (SSSR count). The lowest BCUT2D eigenvalue weighted by Crippen LogP contribution is -2.01. The summed E-state index contributed by atoms with van der Waals surface area (Å²) >= 11 is 3.15. The van der Waals surface area contributed by atoms with Crippen molar-refractivity contribution in [3.8, 4) is 0 Å². The summed E-state index contributed by atoms with van der Waals surface area (Å²) in [7, 11) is 0. The number of aromatic nitrogens is 1. The zero-order valence-electron chi connectivity index (χ0n) is 10.6. The van der Waals surface area contributed by atoms with Gasteiger partial charge in [-0.2, -0.15) is 0 Å². The maximum atomic E-state index is 13.5. The molecule has 1 heterocycles. The van der Waals surface area contributed by atoms with E-state index in [1.165, 1.54) is 6.07 Å². The van der Waals surface area contributed by atoms with Crippen LogP contribution >= 0.6 is 15.9 Å². The van der Waals surface area contributed by atoms with Crippen molar-refractivity contribution in [1.82, 2.24) is 4.98 Å². The Balaban J connectivity index is 1.85. The molecule has 0 fully saturated rings. The molecule has 1 N–H and O–H groups in total. The second-order valence-electron chi connectivity index (χ2n) is 4.50. The van der Waals surface area contributed by atoms with Crippen LogP contribution in [0.1, 0.15) is 5.56 Å². The highest BCUT2D eigenvalue weighted by atomic mass is 79.9. The van der Waals surface area contributed by atoms with E-state index >= 15 is 0 Å². The second-order valence-corrected chi connectivity index (χ2v) is 5.36. The van der Waals surface area contributed by atoms with Crippen LogP contribution in [0.4, 0.5) is 10.1 Å². The van der Waals surface area contributed by atoms with Crippen molar-refractivity contribution in [2.24, 2.45) is 0 Å². The normalized spacial score (nSPS) is 10.7. The Labute approximate surface area is 124 Å². The molecule has 2 nitrogen and oxygen atoms in total. The molecule has 2 aromatic carbocycles. The van der Waals surface area contributed by atoms with Crippen LogP contribution < -0.4 is 5.32 Å². The summed E-state index contributed by atoms with van der Waals surface area (Å²) in [6, 6.07) is 13.1. The van der Waals surface area contributed by atoms with E-state index in [9.17, 15) is 4.39 Å². The summed E-state index contributed by atoms with van der Waals surface area (Å²) < 4.78 is 13.9. The van der Waals surface area contributed by atoms with E-state index in [-0.39, 0.29) is 5.82 Å². The molecule has 1 aromatic heterocycles. The van der Waals surface area contributed by atoms with Gasteiger partial charge in [0.25, 0.3) is 0 Å². The van der Waals surface area contributed by atoms with E-state index in [1.54, 1.807) is 6.07 Å². The molecule has 3 aromatic rings. The predicted molar refractivity (Wildman–Crippen MR) is 83.2 cm³/mol. The molecule has 0 saturated heterocycles. The van der Waals surface area contributed by atoms with Crippen LogP contribution in [0.2, 0.25) is 0 Å². The summed E-state index contributed by atoms with van der Waals surface area (Å²) in [6.07, 6.45) is 3.68. The van der Waals surface area contributed by atoms with Crippen molar-refractivity contribution in [3.05, 3.63) is 70.7 Å². The first-order valence-electron chi connectivity index (χ1n) is 6.24. The fraction of sp³-hybridized carbons (Fsp3) is 0.0625. The van der Waals surface area contributed by atoms with Crippen molar-refractivity contribution in [1.29, 1.82) is 0 Å². The number of nitrogens with one attached hydrogen (secondary N) is 1. The average Bonchev–Trinajstić information content (AvgIpc) is 2.48. The van der Waals surface area contributed by atoms with Crippen LogP contribution in [0.25, 0.3) is 10.8 Å². The lowest BCUT2D eigenvalue weighted by atomic mass is 10.1. The lowest BCUT2D eigenvalue weighted by Gasteiger charge is -2.09. The molecule has 20 heavy (non-hydrogen) atoms. The third kappa shape index (κ3) is 2.65. The smallest absolute Gasteiger partial charge is 0.139 e. The molecule has 0 radical (unpaired) electrons. The summed E-state index contributed by atoms with van der Waals surface area (Å²) in [5, 5.41) is 5.49. The minimum absolute atomic E-state index is 0.272. The molecule has 0 aliphatic heterocycles. The van der Waals surface area contributed by atoms with Gasteiger partial charge in [0, 0.05) is 30.0 Å². The summed E-state index contributed by atoms with van der Waals surface area (Å²) in [6.45, 7) is 0.607. The van der Waals surface area contributed by atoms with Gasteiger partial charge in [0.15, 0.2) is 0 Å². The van der Waals surface area contributed by atoms with E-state index in [4.69, 9.17) is 0 Å². The molecule has 100 valence electrons. The van der Waals surface area contributed by atoms with Gasteiger partial charge in [-0.05, 0) is 45.1 Å². The van der Waals surface area contributed by atoms with Gasteiger partial charge in [0.2, 0.25) is 0 Å².